The fraction of sp³-hybridized carbons (Fsp3) is 0.357. The maximum Gasteiger partial charge on any atom is 0.490 e. The molecule has 0 saturated carbocycles. The number of benzene rings is 2. The highest BCUT2D eigenvalue weighted by Gasteiger charge is 2.38. The minimum Gasteiger partial charge on any atom is -0.475 e. The molecule has 2 aliphatic rings. The van der Waals surface area contributed by atoms with Crippen LogP contribution in [-0.2, 0) is 22.4 Å². The molecule has 2 aromatic carbocycles. The number of morpholine rings is 1. The third-order valence-electron chi connectivity index (χ3n) is 6.69. The summed E-state index contributed by atoms with van der Waals surface area (Å²) in [4.78, 5) is 33.9. The van der Waals surface area contributed by atoms with Gasteiger partial charge in [0.05, 0.1) is 40.7 Å². The van der Waals surface area contributed by atoms with Crippen molar-refractivity contribution in [3.8, 4) is 0 Å². The number of ether oxygens (including phenoxy) is 1. The average molecular weight is 620 g/mol. The molecule has 3 N–H and O–H groups in total. The zero-order chi connectivity index (χ0) is 30.1. The average Bonchev–Trinajstić information content (AvgIpc) is 3.55. The van der Waals surface area contributed by atoms with Crippen molar-refractivity contribution in [2.45, 2.75) is 44.4 Å². The highest BCUT2D eigenvalue weighted by atomic mass is 32.1. The number of anilines is 3. The number of thiazole rings is 2. The summed E-state index contributed by atoms with van der Waals surface area (Å²) in [6, 6.07) is 14.9. The summed E-state index contributed by atoms with van der Waals surface area (Å²) in [7, 11) is 0. The summed E-state index contributed by atoms with van der Waals surface area (Å²) in [6.07, 6.45) is -3.49. The molecule has 1 saturated heterocycles. The van der Waals surface area contributed by atoms with Gasteiger partial charge in [0.25, 0.3) is 5.91 Å². The minimum atomic E-state index is -5.08. The molecule has 1 unspecified atom stereocenters. The second kappa shape index (κ2) is 11.9. The number of nitrogens with one attached hydrogen (secondary N) is 2. The number of alkyl halides is 3. The lowest BCUT2D eigenvalue weighted by Crippen LogP contribution is -2.48. The molecular formula is C28H28F3N5O4S2. The molecule has 0 radical (unpaired) electrons. The van der Waals surface area contributed by atoms with Crippen LogP contribution in [0.1, 0.15) is 34.8 Å². The Bertz CT molecular complexity index is 1600. The Hall–Kier alpha value is -3.75. The fourth-order valence-electron chi connectivity index (χ4n) is 4.81. The number of aromatic nitrogens is 2. The lowest BCUT2D eigenvalue weighted by Gasteiger charge is -2.35. The Kier molecular flexibility index (Phi) is 8.39. The fourth-order valence-corrected chi connectivity index (χ4v) is 6.60. The van der Waals surface area contributed by atoms with Gasteiger partial charge in [0.2, 0.25) is 0 Å². The van der Waals surface area contributed by atoms with Crippen LogP contribution >= 0.6 is 22.7 Å². The second-order valence-electron chi connectivity index (χ2n) is 10.6. The van der Waals surface area contributed by atoms with Gasteiger partial charge in [-0.05, 0) is 56.2 Å². The van der Waals surface area contributed by atoms with Crippen LogP contribution in [0.15, 0.2) is 48.0 Å². The maximum absolute atomic E-state index is 12.6. The molecule has 14 heteroatoms. The third-order valence-corrected chi connectivity index (χ3v) is 8.61. The zero-order valence-electron chi connectivity index (χ0n) is 22.7. The Labute approximate surface area is 247 Å². The molecule has 0 spiro atoms. The van der Waals surface area contributed by atoms with Crippen molar-refractivity contribution >= 4 is 61.3 Å². The number of rotatable bonds is 5. The van der Waals surface area contributed by atoms with Crippen LogP contribution in [0.4, 0.5) is 29.7 Å². The number of carboxylic acids is 1. The van der Waals surface area contributed by atoms with Crippen LogP contribution in [-0.4, -0.2) is 64.5 Å². The summed E-state index contributed by atoms with van der Waals surface area (Å²) in [6.45, 7) is 6.16. The molecular weight excluding hydrogens is 591 g/mol. The largest absolute Gasteiger partial charge is 0.490 e. The number of fused-ring (bicyclic) bond motifs is 2. The second-order valence-corrected chi connectivity index (χ2v) is 12.4. The van der Waals surface area contributed by atoms with Gasteiger partial charge in [-0.2, -0.15) is 13.2 Å². The summed E-state index contributed by atoms with van der Waals surface area (Å²) < 4.78 is 38.8. The molecule has 4 heterocycles. The number of amides is 1. The standard InChI is InChI=1S/C26H27N5O2S2.C2HF3O2/c1-26(2)13-21-23(24(32)30-26)35-25(29-21)31-8-9-33-14-19(31)11-16-4-3-5-17(10-16)28-18-6-7-20-22(12-18)34-15-27-20;3-2(4,5)1(6)7/h3-7,10,12,15,19,28H,8-9,11,13-14H2,1-2H3,(H,30,32);(H,6,7). The van der Waals surface area contributed by atoms with E-state index in [4.69, 9.17) is 19.6 Å². The van der Waals surface area contributed by atoms with Crippen LogP contribution in [0.5, 0.6) is 0 Å². The van der Waals surface area contributed by atoms with Crippen LogP contribution in [0.2, 0.25) is 0 Å². The number of carbonyl (C=O) groups excluding carboxylic acids is 1. The van der Waals surface area contributed by atoms with Gasteiger partial charge < -0.3 is 25.4 Å². The lowest BCUT2D eigenvalue weighted by molar-refractivity contribution is -0.192. The molecule has 222 valence electrons. The molecule has 1 amide bonds. The number of carboxylic acid groups (broad SMARTS) is 1. The van der Waals surface area contributed by atoms with Gasteiger partial charge in [-0.15, -0.1) is 11.3 Å². The van der Waals surface area contributed by atoms with Gasteiger partial charge >= 0.3 is 12.1 Å². The summed E-state index contributed by atoms with van der Waals surface area (Å²) in [5, 5.41) is 14.7. The van der Waals surface area contributed by atoms with Crippen LogP contribution < -0.4 is 15.5 Å². The normalized spacial score (nSPS) is 18.1. The number of carbonyl (C=O) groups is 2. The Morgan fingerprint density at radius 2 is 2.00 bits per heavy atom. The number of hydrogen-bond acceptors (Lipinski definition) is 9. The van der Waals surface area contributed by atoms with E-state index in [9.17, 15) is 18.0 Å². The van der Waals surface area contributed by atoms with Crippen LogP contribution in [0.25, 0.3) is 10.2 Å². The zero-order valence-corrected chi connectivity index (χ0v) is 24.3. The Morgan fingerprint density at radius 1 is 1.24 bits per heavy atom. The molecule has 0 bridgehead atoms. The van der Waals surface area contributed by atoms with Gasteiger partial charge in [0.1, 0.15) is 4.88 Å². The first-order chi connectivity index (χ1) is 19.9. The van der Waals surface area contributed by atoms with Crippen molar-refractivity contribution in [1.29, 1.82) is 0 Å². The number of halogens is 3. The van der Waals surface area contributed by atoms with Gasteiger partial charge in [0.15, 0.2) is 5.13 Å². The number of nitrogens with zero attached hydrogens (tertiary/aromatic N) is 3. The van der Waals surface area contributed by atoms with Crippen LogP contribution in [0.3, 0.4) is 0 Å². The van der Waals surface area contributed by atoms with E-state index in [-0.39, 0.29) is 17.5 Å². The van der Waals surface area contributed by atoms with Crippen molar-refractivity contribution in [3.05, 3.63) is 64.1 Å². The predicted molar refractivity (Wildman–Crippen MR) is 156 cm³/mol. The molecule has 2 aliphatic heterocycles. The minimum absolute atomic E-state index is 0.0138. The molecule has 9 nitrogen and oxygen atoms in total. The molecule has 4 aromatic rings. The first kappa shape index (κ1) is 29.7. The van der Waals surface area contributed by atoms with Crippen molar-refractivity contribution in [2.75, 3.05) is 30.0 Å². The molecule has 0 aliphatic carbocycles. The molecule has 42 heavy (non-hydrogen) atoms. The number of hydrogen-bond donors (Lipinski definition) is 3. The number of aliphatic carboxylic acids is 1. The Balaban J connectivity index is 0.000000451. The SMILES string of the molecule is CC1(C)Cc2nc(N3CCOCC3Cc3cccc(Nc4ccc5ncsc5c4)c3)sc2C(=O)N1.O=C(O)C(F)(F)F. The van der Waals surface area contributed by atoms with Gasteiger partial charge in [0, 0.05) is 29.9 Å². The molecule has 1 atom stereocenters. The first-order valence-electron chi connectivity index (χ1n) is 13.0. The quantitative estimate of drug-likeness (QED) is 0.263. The highest BCUT2D eigenvalue weighted by Crippen LogP contribution is 2.34. The lowest BCUT2D eigenvalue weighted by atomic mass is 9.94. The van der Waals surface area contributed by atoms with E-state index in [0.29, 0.717) is 13.2 Å². The molecule has 2 aromatic heterocycles. The third kappa shape index (κ3) is 6.99. The maximum atomic E-state index is 12.6. The molecule has 1 fully saturated rings. The van der Waals surface area contributed by atoms with Gasteiger partial charge in [-0.25, -0.2) is 14.8 Å². The van der Waals surface area contributed by atoms with E-state index in [1.807, 2.05) is 25.4 Å². The predicted octanol–water partition coefficient (Wildman–Crippen LogP) is 5.64. The van der Waals surface area contributed by atoms with E-state index >= 15 is 0 Å². The summed E-state index contributed by atoms with van der Waals surface area (Å²) in [5.74, 6) is -2.77. The molecule has 6 rings (SSSR count). The summed E-state index contributed by atoms with van der Waals surface area (Å²) >= 11 is 3.15. The van der Waals surface area contributed by atoms with Crippen molar-refractivity contribution < 1.29 is 32.6 Å². The van der Waals surface area contributed by atoms with Crippen molar-refractivity contribution in [2.24, 2.45) is 0 Å². The van der Waals surface area contributed by atoms with Crippen LogP contribution in [0, 0.1) is 0 Å². The smallest absolute Gasteiger partial charge is 0.475 e. The van der Waals surface area contributed by atoms with E-state index in [1.165, 1.54) is 21.6 Å². The van der Waals surface area contributed by atoms with E-state index in [1.54, 1.807) is 11.3 Å². The van der Waals surface area contributed by atoms with Gasteiger partial charge in [-0.1, -0.05) is 23.5 Å². The summed E-state index contributed by atoms with van der Waals surface area (Å²) in [5.41, 5.74) is 6.88. The van der Waals surface area contributed by atoms with Crippen molar-refractivity contribution in [1.82, 2.24) is 15.3 Å². The van der Waals surface area contributed by atoms with Gasteiger partial charge in [-0.3, -0.25) is 4.79 Å². The monoisotopic (exact) mass is 619 g/mol. The van der Waals surface area contributed by atoms with E-state index < -0.39 is 12.1 Å². The highest BCUT2D eigenvalue weighted by molar-refractivity contribution is 7.17. The Morgan fingerprint density at radius 3 is 2.76 bits per heavy atom. The van der Waals surface area contributed by atoms with Crippen molar-refractivity contribution in [3.63, 3.8) is 0 Å². The van der Waals surface area contributed by atoms with E-state index in [0.717, 1.165) is 52.0 Å². The first-order valence-corrected chi connectivity index (χ1v) is 14.7. The topological polar surface area (TPSA) is 117 Å². The van der Waals surface area contributed by atoms with E-state index in [2.05, 4.69) is 56.9 Å².